The number of sulfonamides is 1. The summed E-state index contributed by atoms with van der Waals surface area (Å²) < 4.78 is 32.4. The van der Waals surface area contributed by atoms with Crippen LogP contribution < -0.4 is 5.32 Å². The lowest BCUT2D eigenvalue weighted by Crippen LogP contribution is -2.50. The van der Waals surface area contributed by atoms with Crippen LogP contribution in [-0.4, -0.2) is 68.2 Å². The van der Waals surface area contributed by atoms with Gasteiger partial charge in [-0.2, -0.15) is 4.31 Å². The Balaban J connectivity index is 1.38. The summed E-state index contributed by atoms with van der Waals surface area (Å²) in [4.78, 5) is 38.2. The van der Waals surface area contributed by atoms with E-state index in [-0.39, 0.29) is 56.4 Å². The fraction of sp³-hybridized carbons (Fsp3) is 0.400. The Morgan fingerprint density at radius 1 is 0.972 bits per heavy atom. The fourth-order valence-corrected chi connectivity index (χ4v) is 5.60. The van der Waals surface area contributed by atoms with Crippen LogP contribution in [0.4, 0.5) is 0 Å². The molecule has 1 aliphatic heterocycles. The van der Waals surface area contributed by atoms with Crippen molar-refractivity contribution in [2.45, 2.75) is 38.1 Å². The molecule has 1 heterocycles. The average Bonchev–Trinajstić information content (AvgIpc) is 2.87. The van der Waals surface area contributed by atoms with Crippen molar-refractivity contribution in [2.75, 3.05) is 32.8 Å². The van der Waals surface area contributed by atoms with Gasteiger partial charge in [-0.25, -0.2) is 8.42 Å². The number of halogens is 1. The van der Waals surface area contributed by atoms with E-state index in [4.69, 9.17) is 16.3 Å². The number of ether oxygens (including phenoxy) is 1. The minimum Gasteiger partial charge on any atom is -0.456 e. The topological polar surface area (TPSA) is 113 Å². The van der Waals surface area contributed by atoms with E-state index in [1.807, 2.05) is 13.0 Å². The first kappa shape index (κ1) is 27.6. The van der Waals surface area contributed by atoms with Gasteiger partial charge in [0.25, 0.3) is 5.91 Å². The second-order valence-corrected chi connectivity index (χ2v) is 11.0. The number of aryl methyl sites for hydroxylation is 2. The van der Waals surface area contributed by atoms with Crippen molar-refractivity contribution in [1.82, 2.24) is 14.5 Å². The normalized spacial score (nSPS) is 14.4. The first-order valence-electron chi connectivity index (χ1n) is 11.6. The number of hydrogen-bond donors (Lipinski definition) is 1. The van der Waals surface area contributed by atoms with E-state index in [1.54, 1.807) is 48.2 Å². The summed E-state index contributed by atoms with van der Waals surface area (Å²) in [6.07, 6.45) is -0.237. The molecule has 2 amide bonds. The first-order valence-corrected chi connectivity index (χ1v) is 13.4. The van der Waals surface area contributed by atoms with E-state index in [1.165, 1.54) is 4.31 Å². The molecular weight excluding hydrogens is 506 g/mol. The molecule has 0 spiro atoms. The predicted octanol–water partition coefficient (Wildman–Crippen LogP) is 2.43. The molecule has 3 rings (SSSR count). The summed E-state index contributed by atoms with van der Waals surface area (Å²) in [5, 5.41) is 3.23. The van der Waals surface area contributed by atoms with Crippen molar-refractivity contribution >= 4 is 39.4 Å². The lowest BCUT2D eigenvalue weighted by molar-refractivity contribution is -0.150. The number of carbonyl (C=O) groups excluding carboxylic acids is 3. The predicted molar refractivity (Wildman–Crippen MR) is 135 cm³/mol. The molecule has 1 N–H and O–H groups in total. The van der Waals surface area contributed by atoms with Crippen molar-refractivity contribution in [1.29, 1.82) is 0 Å². The van der Waals surface area contributed by atoms with Crippen LogP contribution in [-0.2, 0) is 35.7 Å². The number of rotatable bonds is 9. The van der Waals surface area contributed by atoms with Gasteiger partial charge in [0.1, 0.15) is 0 Å². The molecule has 0 unspecified atom stereocenters. The van der Waals surface area contributed by atoms with E-state index in [2.05, 4.69) is 5.32 Å². The van der Waals surface area contributed by atoms with Crippen molar-refractivity contribution in [3.63, 3.8) is 0 Å². The molecule has 0 radical (unpaired) electrons. The Bertz CT molecular complexity index is 1210. The number of esters is 1. The molecule has 0 saturated carbocycles. The highest BCUT2D eigenvalue weighted by Gasteiger charge is 2.31. The van der Waals surface area contributed by atoms with Gasteiger partial charge in [0.15, 0.2) is 6.61 Å². The Morgan fingerprint density at radius 3 is 2.31 bits per heavy atom. The van der Waals surface area contributed by atoms with E-state index < -0.39 is 28.5 Å². The molecule has 0 aromatic heterocycles. The van der Waals surface area contributed by atoms with E-state index in [0.29, 0.717) is 10.6 Å². The third-order valence-corrected chi connectivity index (χ3v) is 8.16. The maximum Gasteiger partial charge on any atom is 0.306 e. The summed E-state index contributed by atoms with van der Waals surface area (Å²) in [6, 6.07) is 12.3. The number of amides is 2. The van der Waals surface area contributed by atoms with Gasteiger partial charge < -0.3 is 15.0 Å². The van der Waals surface area contributed by atoms with Gasteiger partial charge in [0.05, 0.1) is 11.3 Å². The summed E-state index contributed by atoms with van der Waals surface area (Å²) in [5.74, 6) is -1.37. The number of hydrogen-bond acceptors (Lipinski definition) is 6. The third kappa shape index (κ3) is 7.52. The number of nitrogens with zero attached hydrogens (tertiary/aromatic N) is 2. The van der Waals surface area contributed by atoms with Crippen LogP contribution in [0.15, 0.2) is 47.4 Å². The van der Waals surface area contributed by atoms with Crippen LogP contribution in [0.2, 0.25) is 5.02 Å². The minimum atomic E-state index is -3.65. The average molecular weight is 536 g/mol. The Hall–Kier alpha value is -2.95. The quantitative estimate of drug-likeness (QED) is 0.493. The molecule has 0 bridgehead atoms. The zero-order valence-electron chi connectivity index (χ0n) is 20.3. The molecule has 2 aromatic carbocycles. The maximum atomic E-state index is 13.0. The lowest BCUT2D eigenvalue weighted by atomic mass is 10.2. The van der Waals surface area contributed by atoms with Gasteiger partial charge in [0, 0.05) is 44.2 Å². The van der Waals surface area contributed by atoms with Crippen LogP contribution in [0.5, 0.6) is 0 Å². The number of carbonyl (C=O) groups is 3. The molecule has 36 heavy (non-hydrogen) atoms. The summed E-state index contributed by atoms with van der Waals surface area (Å²) in [7, 11) is -3.65. The third-order valence-electron chi connectivity index (χ3n) is 5.86. The summed E-state index contributed by atoms with van der Waals surface area (Å²) >= 11 is 5.82. The molecule has 9 nitrogen and oxygen atoms in total. The van der Waals surface area contributed by atoms with E-state index in [0.717, 1.165) is 11.1 Å². The number of benzene rings is 2. The Labute approximate surface area is 216 Å². The van der Waals surface area contributed by atoms with Gasteiger partial charge in [-0.1, -0.05) is 35.9 Å². The SMILES string of the molecule is Cc1ccc(C)c(S(=O)(=O)N2CCN(C(=O)CCC(=O)OCC(=O)NCc3ccc(Cl)cc3)CC2)c1. The summed E-state index contributed by atoms with van der Waals surface area (Å²) in [6.45, 7) is 4.28. The minimum absolute atomic E-state index is 0.0744. The molecule has 2 aromatic rings. The van der Waals surface area contributed by atoms with Gasteiger partial charge in [-0.05, 0) is 48.7 Å². The molecule has 11 heteroatoms. The van der Waals surface area contributed by atoms with E-state index in [9.17, 15) is 22.8 Å². The number of piperazine rings is 1. The maximum absolute atomic E-state index is 13.0. The van der Waals surface area contributed by atoms with Crippen molar-refractivity contribution in [3.05, 3.63) is 64.2 Å². The number of nitrogens with one attached hydrogen (secondary N) is 1. The highest BCUT2D eigenvalue weighted by atomic mass is 35.5. The van der Waals surface area contributed by atoms with Crippen molar-refractivity contribution in [2.24, 2.45) is 0 Å². The van der Waals surface area contributed by atoms with Gasteiger partial charge >= 0.3 is 5.97 Å². The Kier molecular flexibility index (Phi) is 9.47. The highest BCUT2D eigenvalue weighted by Crippen LogP contribution is 2.22. The molecule has 1 aliphatic rings. The second-order valence-electron chi connectivity index (χ2n) is 8.62. The monoisotopic (exact) mass is 535 g/mol. The molecule has 1 fully saturated rings. The van der Waals surface area contributed by atoms with Crippen molar-refractivity contribution in [3.8, 4) is 0 Å². The zero-order chi connectivity index (χ0) is 26.3. The van der Waals surface area contributed by atoms with Crippen LogP contribution >= 0.6 is 11.6 Å². The summed E-state index contributed by atoms with van der Waals surface area (Å²) in [5.41, 5.74) is 2.39. The van der Waals surface area contributed by atoms with Crippen LogP contribution in [0.25, 0.3) is 0 Å². The molecule has 194 valence electrons. The van der Waals surface area contributed by atoms with Crippen LogP contribution in [0.3, 0.4) is 0 Å². The van der Waals surface area contributed by atoms with Gasteiger partial charge in [-0.15, -0.1) is 0 Å². The largest absolute Gasteiger partial charge is 0.456 e. The fourth-order valence-electron chi connectivity index (χ4n) is 3.74. The molecule has 0 aliphatic carbocycles. The van der Waals surface area contributed by atoms with E-state index >= 15 is 0 Å². The second kappa shape index (κ2) is 12.3. The highest BCUT2D eigenvalue weighted by molar-refractivity contribution is 7.89. The molecular formula is C25H30ClN3O6S. The van der Waals surface area contributed by atoms with Crippen LogP contribution in [0.1, 0.15) is 29.5 Å². The van der Waals surface area contributed by atoms with Crippen LogP contribution in [0, 0.1) is 13.8 Å². The molecule has 0 atom stereocenters. The Morgan fingerprint density at radius 2 is 1.64 bits per heavy atom. The molecule has 1 saturated heterocycles. The van der Waals surface area contributed by atoms with Gasteiger partial charge in [0.2, 0.25) is 15.9 Å². The van der Waals surface area contributed by atoms with Crippen molar-refractivity contribution < 1.29 is 27.5 Å². The smallest absolute Gasteiger partial charge is 0.306 e. The standard InChI is InChI=1S/C25H30ClN3O6S/c1-18-3-4-19(2)22(15-18)36(33,34)29-13-11-28(12-14-29)24(31)9-10-25(32)35-17-23(30)27-16-20-5-7-21(26)8-6-20/h3-8,15H,9-14,16-17H2,1-2H3,(H,27,30). The first-order chi connectivity index (χ1) is 17.1. The lowest BCUT2D eigenvalue weighted by Gasteiger charge is -2.34. The van der Waals surface area contributed by atoms with Gasteiger partial charge in [-0.3, -0.25) is 14.4 Å². The zero-order valence-corrected chi connectivity index (χ0v) is 21.9.